The molecule has 98 valence electrons. The summed E-state index contributed by atoms with van der Waals surface area (Å²) in [6, 6.07) is 9.00. The third kappa shape index (κ3) is 2.22. The number of likely N-dealkylation sites (tertiary alicyclic amines) is 1. The molecule has 3 rings (SSSR count). The lowest BCUT2D eigenvalue weighted by Crippen LogP contribution is -2.53. The highest BCUT2D eigenvalue weighted by Crippen LogP contribution is 2.26. The summed E-state index contributed by atoms with van der Waals surface area (Å²) in [6.45, 7) is 0.749. The molecular weight excluding hydrogens is 266 g/mol. The van der Waals surface area contributed by atoms with Crippen LogP contribution in [0.2, 0.25) is 5.02 Å². The Morgan fingerprint density at radius 1 is 1.42 bits per heavy atom. The first kappa shape index (κ1) is 12.2. The van der Waals surface area contributed by atoms with Gasteiger partial charge in [-0.1, -0.05) is 29.8 Å². The molecule has 0 bridgehead atoms. The van der Waals surface area contributed by atoms with Crippen molar-refractivity contribution in [1.82, 2.24) is 15.1 Å². The Kier molecular flexibility index (Phi) is 3.00. The molecule has 1 saturated heterocycles. The van der Waals surface area contributed by atoms with E-state index in [0.29, 0.717) is 29.5 Å². The van der Waals surface area contributed by atoms with E-state index >= 15 is 0 Å². The van der Waals surface area contributed by atoms with E-state index in [0.717, 1.165) is 5.56 Å². The highest BCUT2D eigenvalue weighted by Gasteiger charge is 2.30. The van der Waals surface area contributed by atoms with Gasteiger partial charge in [-0.05, 0) is 12.1 Å². The van der Waals surface area contributed by atoms with Crippen LogP contribution in [0.25, 0.3) is 11.3 Å². The Balaban J connectivity index is 1.84. The number of halogens is 1. The van der Waals surface area contributed by atoms with E-state index in [4.69, 9.17) is 11.6 Å². The second-order valence-corrected chi connectivity index (χ2v) is 4.92. The number of H-pyrrole nitrogens is 1. The maximum absolute atomic E-state index is 12.0. The zero-order valence-corrected chi connectivity index (χ0v) is 10.8. The minimum atomic E-state index is -0.407. The van der Waals surface area contributed by atoms with Crippen molar-refractivity contribution >= 4 is 17.5 Å². The van der Waals surface area contributed by atoms with Crippen LogP contribution in [0.3, 0.4) is 0 Å². The van der Waals surface area contributed by atoms with Crippen LogP contribution in [0.5, 0.6) is 0 Å². The van der Waals surface area contributed by atoms with Gasteiger partial charge in [-0.2, -0.15) is 5.10 Å². The largest absolute Gasteiger partial charge is 0.389 e. The summed E-state index contributed by atoms with van der Waals surface area (Å²) in [7, 11) is 0. The van der Waals surface area contributed by atoms with Gasteiger partial charge in [-0.25, -0.2) is 0 Å². The van der Waals surface area contributed by atoms with Crippen LogP contribution < -0.4 is 0 Å². The fourth-order valence-corrected chi connectivity index (χ4v) is 2.26. The molecule has 6 heteroatoms. The third-order valence-electron chi connectivity index (χ3n) is 3.11. The van der Waals surface area contributed by atoms with Crippen LogP contribution in [0.15, 0.2) is 30.3 Å². The molecule has 0 saturated carbocycles. The number of amides is 1. The number of rotatable bonds is 2. The van der Waals surface area contributed by atoms with Crippen LogP contribution in [-0.4, -0.2) is 45.3 Å². The Morgan fingerprint density at radius 2 is 2.16 bits per heavy atom. The number of nitrogens with zero attached hydrogens (tertiary/aromatic N) is 2. The summed E-state index contributed by atoms with van der Waals surface area (Å²) in [5.41, 5.74) is 1.82. The summed E-state index contributed by atoms with van der Waals surface area (Å²) in [4.78, 5) is 13.6. The summed E-state index contributed by atoms with van der Waals surface area (Å²) in [5.74, 6) is -0.156. The predicted octanol–water partition coefficient (Wildman–Crippen LogP) is 1.55. The standard InChI is InChI=1S/C13H12ClN3O2/c14-10-4-2-1-3-9(10)11-5-12(16-15-11)13(19)17-6-8(18)7-17/h1-5,8,18H,6-7H2,(H,15,16). The van der Waals surface area contributed by atoms with E-state index < -0.39 is 6.10 Å². The average molecular weight is 278 g/mol. The summed E-state index contributed by atoms with van der Waals surface area (Å²) < 4.78 is 0. The number of nitrogens with one attached hydrogen (secondary N) is 1. The van der Waals surface area contributed by atoms with E-state index in [1.165, 1.54) is 0 Å². The second kappa shape index (κ2) is 4.68. The topological polar surface area (TPSA) is 69.2 Å². The Hall–Kier alpha value is -1.85. The quantitative estimate of drug-likeness (QED) is 0.875. The fraction of sp³-hybridized carbons (Fsp3) is 0.231. The predicted molar refractivity (Wildman–Crippen MR) is 70.9 cm³/mol. The molecule has 1 aromatic heterocycles. The number of aromatic nitrogens is 2. The molecule has 0 radical (unpaired) electrons. The summed E-state index contributed by atoms with van der Waals surface area (Å²) in [6.07, 6.45) is -0.407. The molecule has 1 amide bonds. The lowest BCUT2D eigenvalue weighted by molar-refractivity contribution is 0.00550. The van der Waals surface area contributed by atoms with E-state index in [2.05, 4.69) is 10.2 Å². The molecule has 0 atom stereocenters. The van der Waals surface area contributed by atoms with E-state index in [9.17, 15) is 9.90 Å². The van der Waals surface area contributed by atoms with Crippen molar-refractivity contribution < 1.29 is 9.90 Å². The van der Waals surface area contributed by atoms with Gasteiger partial charge < -0.3 is 10.0 Å². The van der Waals surface area contributed by atoms with Crippen LogP contribution in [0.1, 0.15) is 10.5 Å². The minimum absolute atomic E-state index is 0.156. The van der Waals surface area contributed by atoms with Crippen LogP contribution in [0.4, 0.5) is 0 Å². The molecule has 0 spiro atoms. The zero-order chi connectivity index (χ0) is 13.4. The fourth-order valence-electron chi connectivity index (χ4n) is 2.03. The number of carbonyl (C=O) groups excluding carboxylic acids is 1. The van der Waals surface area contributed by atoms with Crippen molar-refractivity contribution in [3.05, 3.63) is 41.0 Å². The molecule has 19 heavy (non-hydrogen) atoms. The third-order valence-corrected chi connectivity index (χ3v) is 3.44. The SMILES string of the molecule is O=C(c1cc(-c2ccccc2Cl)n[nH]1)N1CC(O)C1. The molecular formula is C13H12ClN3O2. The lowest BCUT2D eigenvalue weighted by atomic mass is 10.1. The Labute approximate surface area is 114 Å². The van der Waals surface area contributed by atoms with Gasteiger partial charge in [0, 0.05) is 18.7 Å². The lowest BCUT2D eigenvalue weighted by Gasteiger charge is -2.35. The van der Waals surface area contributed by atoms with Gasteiger partial charge in [0.15, 0.2) is 0 Å². The number of aliphatic hydroxyl groups is 1. The van der Waals surface area contributed by atoms with Gasteiger partial charge in [0.1, 0.15) is 5.69 Å². The Bertz CT molecular complexity index is 620. The molecule has 2 heterocycles. The van der Waals surface area contributed by atoms with Gasteiger partial charge in [-0.3, -0.25) is 9.89 Å². The molecule has 1 aromatic carbocycles. The molecule has 0 aliphatic carbocycles. The number of carbonyl (C=O) groups is 1. The average Bonchev–Trinajstić information content (AvgIpc) is 2.84. The van der Waals surface area contributed by atoms with Gasteiger partial charge in [0.25, 0.3) is 5.91 Å². The van der Waals surface area contributed by atoms with Crippen LogP contribution >= 0.6 is 11.6 Å². The Morgan fingerprint density at radius 3 is 2.84 bits per heavy atom. The number of benzene rings is 1. The number of aliphatic hydroxyl groups excluding tert-OH is 1. The van der Waals surface area contributed by atoms with E-state index in [1.54, 1.807) is 17.0 Å². The summed E-state index contributed by atoms with van der Waals surface area (Å²) >= 11 is 6.09. The maximum Gasteiger partial charge on any atom is 0.272 e. The van der Waals surface area contributed by atoms with Gasteiger partial charge >= 0.3 is 0 Å². The normalized spacial score (nSPS) is 15.4. The molecule has 1 fully saturated rings. The van der Waals surface area contributed by atoms with Crippen molar-refractivity contribution in [2.75, 3.05) is 13.1 Å². The number of hydrogen-bond donors (Lipinski definition) is 2. The first-order valence-electron chi connectivity index (χ1n) is 5.93. The smallest absolute Gasteiger partial charge is 0.272 e. The zero-order valence-electron chi connectivity index (χ0n) is 10.0. The monoisotopic (exact) mass is 277 g/mol. The van der Waals surface area contributed by atoms with E-state index in [-0.39, 0.29) is 5.91 Å². The van der Waals surface area contributed by atoms with Crippen LogP contribution in [0, 0.1) is 0 Å². The molecule has 0 unspecified atom stereocenters. The van der Waals surface area contributed by atoms with Crippen molar-refractivity contribution in [3.8, 4) is 11.3 Å². The highest BCUT2D eigenvalue weighted by molar-refractivity contribution is 6.33. The number of β-amino-alcohol motifs (C(OH)–C–C–N with tert-alkyl or cyclic N) is 1. The van der Waals surface area contributed by atoms with Gasteiger partial charge in [0.05, 0.1) is 16.8 Å². The van der Waals surface area contributed by atoms with Crippen molar-refractivity contribution in [2.45, 2.75) is 6.10 Å². The van der Waals surface area contributed by atoms with Gasteiger partial charge in [-0.15, -0.1) is 0 Å². The first-order chi connectivity index (χ1) is 9.15. The van der Waals surface area contributed by atoms with Crippen LogP contribution in [-0.2, 0) is 0 Å². The van der Waals surface area contributed by atoms with Crippen molar-refractivity contribution in [1.29, 1.82) is 0 Å². The minimum Gasteiger partial charge on any atom is -0.389 e. The highest BCUT2D eigenvalue weighted by atomic mass is 35.5. The maximum atomic E-state index is 12.0. The molecule has 1 aliphatic heterocycles. The number of aromatic amines is 1. The van der Waals surface area contributed by atoms with E-state index in [1.807, 2.05) is 18.2 Å². The van der Waals surface area contributed by atoms with Crippen molar-refractivity contribution in [2.24, 2.45) is 0 Å². The second-order valence-electron chi connectivity index (χ2n) is 4.51. The summed E-state index contributed by atoms with van der Waals surface area (Å²) in [5, 5.41) is 16.6. The first-order valence-corrected chi connectivity index (χ1v) is 6.30. The molecule has 5 nitrogen and oxygen atoms in total. The molecule has 2 N–H and O–H groups in total. The number of hydrogen-bond acceptors (Lipinski definition) is 3. The van der Waals surface area contributed by atoms with Crippen molar-refractivity contribution in [3.63, 3.8) is 0 Å². The van der Waals surface area contributed by atoms with Gasteiger partial charge in [0.2, 0.25) is 0 Å². The molecule has 2 aromatic rings. The molecule has 1 aliphatic rings.